The summed E-state index contributed by atoms with van der Waals surface area (Å²) in [7, 11) is 0. The van der Waals surface area contributed by atoms with Gasteiger partial charge in [0.15, 0.2) is 0 Å². The van der Waals surface area contributed by atoms with Gasteiger partial charge in [-0.15, -0.1) is 0 Å². The van der Waals surface area contributed by atoms with E-state index in [1.54, 1.807) is 6.07 Å². The van der Waals surface area contributed by atoms with Gasteiger partial charge in [-0.3, -0.25) is 10.2 Å². The van der Waals surface area contributed by atoms with E-state index in [-0.39, 0.29) is 29.2 Å². The topological polar surface area (TPSA) is 72.0 Å². The van der Waals surface area contributed by atoms with Crippen LogP contribution in [0.2, 0.25) is 5.02 Å². The highest BCUT2D eigenvalue weighted by Crippen LogP contribution is 2.35. The summed E-state index contributed by atoms with van der Waals surface area (Å²) < 4.78 is 13.3. The zero-order valence-electron chi connectivity index (χ0n) is 19.2. The molecule has 0 aromatic heterocycles. The maximum Gasteiger partial charge on any atom is 0.220 e. The van der Waals surface area contributed by atoms with Crippen LogP contribution in [-0.4, -0.2) is 33.9 Å². The molecule has 3 N–H and O–H groups in total. The summed E-state index contributed by atoms with van der Waals surface area (Å²) in [5.74, 6) is 0.284. The van der Waals surface area contributed by atoms with Crippen LogP contribution in [0.5, 0.6) is 0 Å². The Morgan fingerprint density at radius 3 is 2.91 bits per heavy atom. The van der Waals surface area contributed by atoms with Gasteiger partial charge in [0.2, 0.25) is 5.91 Å². The molecule has 7 nitrogen and oxygen atoms in total. The Kier molecular flexibility index (Phi) is 6.18. The number of nitrogens with one attached hydrogen (secondary N) is 3. The molecule has 0 bridgehead atoms. The first kappa shape index (κ1) is 22.7. The number of hydrazone groups is 1. The highest BCUT2D eigenvalue weighted by atomic mass is 35.5. The largest absolute Gasteiger partial charge is 0.352 e. The predicted molar refractivity (Wildman–Crippen MR) is 130 cm³/mol. The lowest BCUT2D eigenvalue weighted by Crippen LogP contribution is -2.54. The lowest BCUT2D eigenvalue weighted by molar-refractivity contribution is -0.121. The summed E-state index contributed by atoms with van der Waals surface area (Å²) in [6.45, 7) is 4.58. The molecular weight excluding hydrogens is 455 g/mol. The first-order chi connectivity index (χ1) is 16.4. The van der Waals surface area contributed by atoms with Crippen LogP contribution in [0.1, 0.15) is 47.6 Å². The van der Waals surface area contributed by atoms with Crippen molar-refractivity contribution in [3.8, 4) is 0 Å². The molecule has 0 spiro atoms. The van der Waals surface area contributed by atoms with E-state index >= 15 is 0 Å². The number of halogens is 2. The second-order valence-electron chi connectivity index (χ2n) is 9.08. The number of benzene rings is 2. The molecule has 3 atom stereocenters. The van der Waals surface area contributed by atoms with Crippen molar-refractivity contribution in [1.82, 2.24) is 26.1 Å². The summed E-state index contributed by atoms with van der Waals surface area (Å²) in [6, 6.07) is 11.5. The van der Waals surface area contributed by atoms with E-state index in [0.29, 0.717) is 19.4 Å². The molecular formula is C25H28ClFN6O. The standard InChI is InChI=1S/C25H28ClFN6O/c1-15-3-4-16(2)18(11-15)21-13-22-25-30-29-23(32(25)9-10-33(22)31-21)7-8-24(34)28-14-17-5-6-20(27)19(26)12-17/h3-6,9-12,21-22,25,30-31H,7-8,13-14H2,1-2H3,(H,28,34). The fourth-order valence-electron chi connectivity index (χ4n) is 4.81. The number of hydrogen-bond donors (Lipinski definition) is 3. The molecule has 2 aromatic carbocycles. The van der Waals surface area contributed by atoms with Crippen molar-refractivity contribution >= 4 is 23.3 Å². The molecule has 9 heteroatoms. The molecule has 0 aliphatic carbocycles. The van der Waals surface area contributed by atoms with E-state index < -0.39 is 5.82 Å². The van der Waals surface area contributed by atoms with Gasteiger partial charge in [-0.1, -0.05) is 41.4 Å². The molecule has 1 amide bonds. The second-order valence-corrected chi connectivity index (χ2v) is 9.49. The van der Waals surface area contributed by atoms with Crippen molar-refractivity contribution in [1.29, 1.82) is 0 Å². The van der Waals surface area contributed by atoms with Crippen molar-refractivity contribution in [2.75, 3.05) is 0 Å². The number of carbonyl (C=O) groups excluding carboxylic acids is 1. The number of amidine groups is 1. The monoisotopic (exact) mass is 482 g/mol. The van der Waals surface area contributed by atoms with Crippen LogP contribution >= 0.6 is 11.6 Å². The van der Waals surface area contributed by atoms with E-state index in [1.807, 2.05) is 12.4 Å². The van der Waals surface area contributed by atoms with Crippen LogP contribution in [0.3, 0.4) is 0 Å². The number of hydrazine groups is 1. The maximum absolute atomic E-state index is 13.3. The van der Waals surface area contributed by atoms with Gasteiger partial charge < -0.3 is 15.2 Å². The van der Waals surface area contributed by atoms with Gasteiger partial charge in [0.1, 0.15) is 17.8 Å². The van der Waals surface area contributed by atoms with Gasteiger partial charge in [-0.2, -0.15) is 5.10 Å². The van der Waals surface area contributed by atoms with Gasteiger partial charge in [0.05, 0.1) is 17.1 Å². The summed E-state index contributed by atoms with van der Waals surface area (Å²) >= 11 is 5.81. The number of carbonyl (C=O) groups is 1. The first-order valence-corrected chi connectivity index (χ1v) is 11.9. The molecule has 3 aliphatic heterocycles. The van der Waals surface area contributed by atoms with Gasteiger partial charge >= 0.3 is 0 Å². The average molecular weight is 483 g/mol. The molecule has 1 fully saturated rings. The third kappa shape index (κ3) is 4.48. The first-order valence-electron chi connectivity index (χ1n) is 11.5. The van der Waals surface area contributed by atoms with Crippen LogP contribution < -0.4 is 16.2 Å². The van der Waals surface area contributed by atoms with Gasteiger partial charge in [-0.05, 0) is 49.1 Å². The predicted octanol–water partition coefficient (Wildman–Crippen LogP) is 3.84. The zero-order valence-corrected chi connectivity index (χ0v) is 19.9. The van der Waals surface area contributed by atoms with E-state index in [2.05, 4.69) is 63.2 Å². The Balaban J connectivity index is 1.15. The molecule has 3 heterocycles. The quantitative estimate of drug-likeness (QED) is 0.583. The highest BCUT2D eigenvalue weighted by Gasteiger charge is 2.44. The van der Waals surface area contributed by atoms with Crippen LogP contribution in [-0.2, 0) is 11.3 Å². The fourth-order valence-corrected chi connectivity index (χ4v) is 5.02. The number of rotatable bonds is 6. The fraction of sp³-hybridized carbons (Fsp3) is 0.360. The van der Waals surface area contributed by atoms with Crippen molar-refractivity contribution in [2.24, 2.45) is 5.10 Å². The van der Waals surface area contributed by atoms with Gasteiger partial charge in [0.25, 0.3) is 0 Å². The SMILES string of the molecule is Cc1ccc(C)c(C2CC3C4NN=C(CCC(=O)NCc5ccc(F)c(Cl)c5)N4C=CN3N2)c1. The molecule has 5 rings (SSSR count). The van der Waals surface area contributed by atoms with Crippen LogP contribution in [0, 0.1) is 19.7 Å². The smallest absolute Gasteiger partial charge is 0.220 e. The minimum Gasteiger partial charge on any atom is -0.352 e. The molecule has 2 aromatic rings. The third-order valence-corrected chi connectivity index (χ3v) is 6.96. The van der Waals surface area contributed by atoms with Gasteiger partial charge in [-0.25, -0.2) is 9.82 Å². The van der Waals surface area contributed by atoms with Crippen molar-refractivity contribution < 1.29 is 9.18 Å². The Morgan fingerprint density at radius 1 is 1.24 bits per heavy atom. The van der Waals surface area contributed by atoms with E-state index in [0.717, 1.165) is 17.8 Å². The number of hydrogen-bond acceptors (Lipinski definition) is 6. The van der Waals surface area contributed by atoms with Crippen LogP contribution in [0.15, 0.2) is 53.9 Å². The highest BCUT2D eigenvalue weighted by molar-refractivity contribution is 6.30. The molecule has 3 unspecified atom stereocenters. The van der Waals surface area contributed by atoms with Crippen molar-refractivity contribution in [3.63, 3.8) is 0 Å². The second kappa shape index (κ2) is 9.27. The number of amides is 1. The number of aryl methyl sites for hydroxylation is 2. The Bertz CT molecular complexity index is 1170. The van der Waals surface area contributed by atoms with E-state index in [4.69, 9.17) is 11.6 Å². The van der Waals surface area contributed by atoms with Gasteiger partial charge in [0, 0.05) is 31.8 Å². The summed E-state index contributed by atoms with van der Waals surface area (Å²) in [6.07, 6.45) is 5.86. The molecule has 1 saturated heterocycles. The number of nitrogens with zero attached hydrogens (tertiary/aromatic N) is 3. The van der Waals surface area contributed by atoms with Crippen LogP contribution in [0.4, 0.5) is 4.39 Å². The molecule has 3 aliphatic rings. The third-order valence-electron chi connectivity index (χ3n) is 6.67. The minimum absolute atomic E-state index is 0.0204. The molecule has 178 valence electrons. The summed E-state index contributed by atoms with van der Waals surface area (Å²) in [5, 5.41) is 9.61. The Hall–Kier alpha value is -3.10. The molecule has 0 radical (unpaired) electrons. The average Bonchev–Trinajstić information content (AvgIpc) is 3.44. The Morgan fingerprint density at radius 2 is 2.09 bits per heavy atom. The summed E-state index contributed by atoms with van der Waals surface area (Å²) in [4.78, 5) is 14.5. The van der Waals surface area contributed by atoms with E-state index in [9.17, 15) is 9.18 Å². The minimum atomic E-state index is -0.469. The lowest BCUT2D eigenvalue weighted by Gasteiger charge is -2.37. The van der Waals surface area contributed by atoms with Crippen LogP contribution in [0.25, 0.3) is 0 Å². The normalized spacial score (nSPS) is 22.8. The Labute approximate surface area is 203 Å². The van der Waals surface area contributed by atoms with Crippen molar-refractivity contribution in [2.45, 2.75) is 57.9 Å². The van der Waals surface area contributed by atoms with Crippen molar-refractivity contribution in [3.05, 3.63) is 81.9 Å². The number of fused-ring (bicyclic) bond motifs is 3. The van der Waals surface area contributed by atoms with E-state index in [1.165, 1.54) is 28.8 Å². The lowest BCUT2D eigenvalue weighted by atomic mass is 9.95. The summed E-state index contributed by atoms with van der Waals surface area (Å²) in [5.41, 5.74) is 11.5. The molecule has 0 saturated carbocycles. The maximum atomic E-state index is 13.3. The zero-order chi connectivity index (χ0) is 23.8. The molecule has 34 heavy (non-hydrogen) atoms.